The van der Waals surface area contributed by atoms with E-state index in [2.05, 4.69) is 20.3 Å². The van der Waals surface area contributed by atoms with Gasteiger partial charge in [-0.1, -0.05) is 30.3 Å². The van der Waals surface area contributed by atoms with Gasteiger partial charge in [-0.3, -0.25) is 0 Å². The Hall–Kier alpha value is -3.48. The number of hydrogen-bond donors (Lipinski definition) is 2. The molecule has 0 unspecified atom stereocenters. The summed E-state index contributed by atoms with van der Waals surface area (Å²) in [6.45, 7) is 5.71. The lowest BCUT2D eigenvalue weighted by Crippen LogP contribution is -2.12. The molecule has 0 amide bonds. The van der Waals surface area contributed by atoms with Crippen molar-refractivity contribution >= 4 is 23.6 Å². The number of anilines is 3. The van der Waals surface area contributed by atoms with Crippen molar-refractivity contribution in [3.05, 3.63) is 70.5 Å². The third-order valence-electron chi connectivity index (χ3n) is 4.25. The predicted octanol–water partition coefficient (Wildman–Crippen LogP) is 3.48. The molecular weight excluding hydrogens is 342 g/mol. The van der Waals surface area contributed by atoms with Crippen LogP contribution in [0.25, 0.3) is 0 Å². The number of rotatable bonds is 5. The van der Waals surface area contributed by atoms with Crippen LogP contribution in [0.3, 0.4) is 0 Å². The highest BCUT2D eigenvalue weighted by Gasteiger charge is 2.13. The van der Waals surface area contributed by atoms with Crippen molar-refractivity contribution < 1.29 is 9.53 Å². The first-order valence-electron chi connectivity index (χ1n) is 8.50. The van der Waals surface area contributed by atoms with E-state index < -0.39 is 5.97 Å². The number of nitrogens with two attached hydrogens (primary N) is 1. The number of esters is 1. The van der Waals surface area contributed by atoms with Crippen LogP contribution in [0.1, 0.15) is 32.9 Å². The predicted molar refractivity (Wildman–Crippen MR) is 104 cm³/mol. The number of para-hydroxylation sites is 1. The Bertz CT molecular complexity index is 988. The van der Waals surface area contributed by atoms with E-state index in [1.54, 1.807) is 6.07 Å². The number of carbonyl (C=O) groups is 1. The zero-order valence-electron chi connectivity index (χ0n) is 15.5. The quantitative estimate of drug-likeness (QED) is 0.669. The second kappa shape index (κ2) is 7.82. The second-order valence-electron chi connectivity index (χ2n) is 6.20. The highest BCUT2D eigenvalue weighted by Crippen LogP contribution is 2.18. The molecule has 0 radical (unpaired) electrons. The smallest absolute Gasteiger partial charge is 0.338 e. The van der Waals surface area contributed by atoms with Crippen molar-refractivity contribution in [3.63, 3.8) is 0 Å². The van der Waals surface area contributed by atoms with Crippen molar-refractivity contribution in [2.45, 2.75) is 27.4 Å². The fourth-order valence-electron chi connectivity index (χ4n) is 2.57. The van der Waals surface area contributed by atoms with E-state index in [-0.39, 0.29) is 18.4 Å². The number of aromatic nitrogens is 3. The lowest BCUT2D eigenvalue weighted by molar-refractivity contribution is 0.0461. The summed E-state index contributed by atoms with van der Waals surface area (Å²) in [5.41, 5.74) is 10.1. The lowest BCUT2D eigenvalue weighted by Gasteiger charge is -2.10. The number of ether oxygens (including phenoxy) is 1. The van der Waals surface area contributed by atoms with Gasteiger partial charge in [-0.2, -0.15) is 15.0 Å². The molecule has 7 heteroatoms. The van der Waals surface area contributed by atoms with Gasteiger partial charge in [0.15, 0.2) is 12.4 Å². The SMILES string of the molecule is Cc1ccccc1Nc1nc(N)nc(COC(=O)c2cccc(C)c2C)n1. The fourth-order valence-corrected chi connectivity index (χ4v) is 2.57. The fraction of sp³-hybridized carbons (Fsp3) is 0.200. The average molecular weight is 363 g/mol. The Morgan fingerprint density at radius 2 is 1.74 bits per heavy atom. The van der Waals surface area contributed by atoms with Crippen LogP contribution in [-0.2, 0) is 11.3 Å². The summed E-state index contributed by atoms with van der Waals surface area (Å²) < 4.78 is 5.36. The molecule has 3 aromatic rings. The number of hydrogen-bond acceptors (Lipinski definition) is 7. The molecule has 3 rings (SSSR count). The number of nitrogens with zero attached hydrogens (tertiary/aromatic N) is 3. The minimum atomic E-state index is -0.427. The number of carbonyl (C=O) groups excluding carboxylic acids is 1. The maximum atomic E-state index is 12.4. The summed E-state index contributed by atoms with van der Waals surface area (Å²) in [6, 6.07) is 13.2. The van der Waals surface area contributed by atoms with Gasteiger partial charge < -0.3 is 15.8 Å². The van der Waals surface area contributed by atoms with Crippen molar-refractivity contribution in [1.82, 2.24) is 15.0 Å². The van der Waals surface area contributed by atoms with E-state index in [9.17, 15) is 4.79 Å². The average Bonchev–Trinajstić information content (AvgIpc) is 2.63. The van der Waals surface area contributed by atoms with E-state index in [4.69, 9.17) is 10.5 Å². The first kappa shape index (κ1) is 18.3. The molecule has 0 atom stereocenters. The molecule has 0 fully saturated rings. The summed E-state index contributed by atoms with van der Waals surface area (Å²) in [4.78, 5) is 24.8. The molecule has 0 aliphatic heterocycles. The zero-order valence-corrected chi connectivity index (χ0v) is 15.5. The molecule has 0 saturated heterocycles. The Balaban J connectivity index is 1.74. The normalized spacial score (nSPS) is 10.5. The molecule has 3 N–H and O–H groups in total. The van der Waals surface area contributed by atoms with Gasteiger partial charge in [-0.25, -0.2) is 4.79 Å². The summed E-state index contributed by atoms with van der Waals surface area (Å²) in [5.74, 6) is 0.203. The van der Waals surface area contributed by atoms with Crippen LogP contribution in [0.2, 0.25) is 0 Å². The summed E-state index contributed by atoms with van der Waals surface area (Å²) in [6.07, 6.45) is 0. The Labute approximate surface area is 157 Å². The van der Waals surface area contributed by atoms with Gasteiger partial charge in [0.25, 0.3) is 0 Å². The molecule has 2 aromatic carbocycles. The van der Waals surface area contributed by atoms with Crippen molar-refractivity contribution in [1.29, 1.82) is 0 Å². The molecular formula is C20H21N5O2. The number of benzene rings is 2. The van der Waals surface area contributed by atoms with Gasteiger partial charge in [0.1, 0.15) is 0 Å². The third kappa shape index (κ3) is 4.38. The number of nitrogens with one attached hydrogen (secondary N) is 1. The number of nitrogen functional groups attached to an aromatic ring is 1. The van der Waals surface area contributed by atoms with Gasteiger partial charge in [-0.15, -0.1) is 0 Å². The largest absolute Gasteiger partial charge is 0.454 e. The van der Waals surface area contributed by atoms with Crippen LogP contribution in [-0.4, -0.2) is 20.9 Å². The van der Waals surface area contributed by atoms with E-state index in [1.807, 2.05) is 57.2 Å². The van der Waals surface area contributed by atoms with Gasteiger partial charge in [0.05, 0.1) is 5.56 Å². The van der Waals surface area contributed by atoms with Crippen LogP contribution >= 0.6 is 0 Å². The minimum absolute atomic E-state index is 0.0545. The monoisotopic (exact) mass is 363 g/mol. The molecule has 138 valence electrons. The van der Waals surface area contributed by atoms with Crippen LogP contribution in [0.4, 0.5) is 17.6 Å². The summed E-state index contributed by atoms with van der Waals surface area (Å²) in [5, 5.41) is 3.11. The van der Waals surface area contributed by atoms with Crippen LogP contribution in [0, 0.1) is 20.8 Å². The standard InChI is InChI=1S/C20H21N5O2/c1-12-8-6-9-15(14(12)3)18(26)27-11-17-23-19(21)25-20(24-17)22-16-10-5-4-7-13(16)2/h4-10H,11H2,1-3H3,(H3,21,22,23,24,25). The van der Waals surface area contributed by atoms with Crippen LogP contribution < -0.4 is 11.1 Å². The van der Waals surface area contributed by atoms with E-state index >= 15 is 0 Å². The molecule has 0 aliphatic rings. The molecule has 0 saturated carbocycles. The summed E-state index contributed by atoms with van der Waals surface area (Å²) >= 11 is 0. The molecule has 1 aromatic heterocycles. The first-order valence-corrected chi connectivity index (χ1v) is 8.50. The van der Waals surface area contributed by atoms with Gasteiger partial charge >= 0.3 is 5.97 Å². The van der Waals surface area contributed by atoms with Gasteiger partial charge in [0.2, 0.25) is 11.9 Å². The molecule has 27 heavy (non-hydrogen) atoms. The Morgan fingerprint density at radius 3 is 2.52 bits per heavy atom. The topological polar surface area (TPSA) is 103 Å². The van der Waals surface area contributed by atoms with Crippen molar-refractivity contribution in [2.24, 2.45) is 0 Å². The summed E-state index contributed by atoms with van der Waals surface area (Å²) in [7, 11) is 0. The van der Waals surface area contributed by atoms with Crippen molar-refractivity contribution in [2.75, 3.05) is 11.1 Å². The number of aryl methyl sites for hydroxylation is 2. The Morgan fingerprint density at radius 1 is 1.00 bits per heavy atom. The third-order valence-corrected chi connectivity index (χ3v) is 4.25. The first-order chi connectivity index (χ1) is 12.9. The molecule has 0 spiro atoms. The highest BCUT2D eigenvalue weighted by molar-refractivity contribution is 5.91. The van der Waals surface area contributed by atoms with E-state index in [1.165, 1.54) is 0 Å². The van der Waals surface area contributed by atoms with Crippen molar-refractivity contribution in [3.8, 4) is 0 Å². The molecule has 1 heterocycles. The Kier molecular flexibility index (Phi) is 5.30. The second-order valence-corrected chi connectivity index (χ2v) is 6.20. The maximum absolute atomic E-state index is 12.4. The molecule has 0 bridgehead atoms. The van der Waals surface area contributed by atoms with E-state index in [0.29, 0.717) is 11.5 Å². The van der Waals surface area contributed by atoms with Crippen LogP contribution in [0.15, 0.2) is 42.5 Å². The molecule has 7 nitrogen and oxygen atoms in total. The minimum Gasteiger partial charge on any atom is -0.454 e. The zero-order chi connectivity index (χ0) is 19.4. The van der Waals surface area contributed by atoms with E-state index in [0.717, 1.165) is 22.4 Å². The lowest BCUT2D eigenvalue weighted by atomic mass is 10.0. The van der Waals surface area contributed by atoms with Gasteiger partial charge in [0, 0.05) is 5.69 Å². The highest BCUT2D eigenvalue weighted by atomic mass is 16.5. The maximum Gasteiger partial charge on any atom is 0.338 e. The van der Waals surface area contributed by atoms with Crippen LogP contribution in [0.5, 0.6) is 0 Å². The van der Waals surface area contributed by atoms with Gasteiger partial charge in [-0.05, 0) is 49.6 Å². The molecule has 0 aliphatic carbocycles.